The zero-order valence-corrected chi connectivity index (χ0v) is 37.7. The van der Waals surface area contributed by atoms with Crippen LogP contribution in [-0.2, 0) is 14.3 Å². The van der Waals surface area contributed by atoms with Crippen LogP contribution >= 0.6 is 0 Å². The van der Waals surface area contributed by atoms with Crippen molar-refractivity contribution in [1.29, 1.82) is 0 Å². The molecule has 0 spiro atoms. The smallest absolute Gasteiger partial charge is 0.224 e. The highest BCUT2D eigenvalue weighted by atomic mass is 16.7. The summed E-state index contributed by atoms with van der Waals surface area (Å²) < 4.78 is 11.2. The van der Waals surface area contributed by atoms with Crippen molar-refractivity contribution in [3.8, 4) is 0 Å². The van der Waals surface area contributed by atoms with Crippen molar-refractivity contribution < 1.29 is 39.8 Å². The Kier molecular flexibility index (Phi) is 37.3. The molecule has 7 atom stereocenters. The third kappa shape index (κ3) is 30.4. The number of hydrogen-bond donors (Lipinski definition) is 6. The monoisotopic (exact) mass is 842 g/mol. The van der Waals surface area contributed by atoms with Gasteiger partial charge in [-0.1, -0.05) is 195 Å². The lowest BCUT2D eigenvalue weighted by atomic mass is 9.99. The molecule has 1 fully saturated rings. The lowest BCUT2D eigenvalue weighted by molar-refractivity contribution is -0.302. The standard InChI is InChI=1S/C51H87NO8/c1-3-5-7-9-11-13-15-17-19-20-21-22-23-24-25-27-28-30-32-34-36-38-40-45(54)44(43-59-51-50(58)49(57)48(56)46(42-53)60-51)52-47(55)41-39-37-35-33-31-29-26-18-16-14-12-10-8-6-4-2/h6,8,12,14,18,26,30-33,37-40,44-46,48-51,53-54,56-58H,3-5,7,9-11,13,15-17,19-25,27-29,34-36,41-43H2,1-2H3,(H,52,55)/b8-6-,14-12-,26-18-,32-30+,33-31-,39-37-,40-38+. The molecule has 1 aliphatic heterocycles. The predicted octanol–water partition coefficient (Wildman–Crippen LogP) is 10.3. The second-order valence-electron chi connectivity index (χ2n) is 16.2. The number of carbonyl (C=O) groups excluding carboxylic acids is 1. The van der Waals surface area contributed by atoms with E-state index in [4.69, 9.17) is 9.47 Å². The summed E-state index contributed by atoms with van der Waals surface area (Å²) in [7, 11) is 0. The minimum absolute atomic E-state index is 0.102. The van der Waals surface area contributed by atoms with Crippen molar-refractivity contribution in [2.75, 3.05) is 13.2 Å². The molecule has 1 saturated heterocycles. The molecule has 9 nitrogen and oxygen atoms in total. The molecule has 60 heavy (non-hydrogen) atoms. The Morgan fingerprint density at radius 1 is 0.583 bits per heavy atom. The number of aliphatic hydroxyl groups excluding tert-OH is 5. The molecule has 344 valence electrons. The number of rotatable bonds is 38. The largest absolute Gasteiger partial charge is 0.394 e. The molecular weight excluding hydrogens is 755 g/mol. The third-order valence-electron chi connectivity index (χ3n) is 10.7. The van der Waals surface area contributed by atoms with Crippen molar-refractivity contribution in [1.82, 2.24) is 5.32 Å². The first-order valence-electron chi connectivity index (χ1n) is 23.8. The third-order valence-corrected chi connectivity index (χ3v) is 10.7. The van der Waals surface area contributed by atoms with Crippen LogP contribution in [0.5, 0.6) is 0 Å². The number of carbonyl (C=O) groups is 1. The van der Waals surface area contributed by atoms with Gasteiger partial charge in [-0.2, -0.15) is 0 Å². The van der Waals surface area contributed by atoms with E-state index in [1.54, 1.807) is 12.2 Å². The Morgan fingerprint density at radius 2 is 1.05 bits per heavy atom. The van der Waals surface area contributed by atoms with Crippen molar-refractivity contribution in [2.45, 2.75) is 217 Å². The SMILES string of the molecule is CC/C=C\C/C=C\C/C=C\C/C=C\C/C=C\CC(=O)NC(COC1OC(CO)C(O)C(O)C1O)C(O)/C=C/CC/C=C/CCCCCCCCCCCCCCCCCC. The predicted molar refractivity (Wildman–Crippen MR) is 248 cm³/mol. The first-order valence-corrected chi connectivity index (χ1v) is 23.8. The molecule has 0 aromatic rings. The molecule has 1 aliphatic rings. The van der Waals surface area contributed by atoms with Gasteiger partial charge in [-0.05, 0) is 57.8 Å². The quantitative estimate of drug-likeness (QED) is 0.0266. The molecule has 9 heteroatoms. The summed E-state index contributed by atoms with van der Waals surface area (Å²) in [6, 6.07) is -0.880. The van der Waals surface area contributed by atoms with E-state index in [9.17, 15) is 30.3 Å². The highest BCUT2D eigenvalue weighted by molar-refractivity contribution is 5.77. The molecule has 0 aromatic heterocycles. The zero-order valence-electron chi connectivity index (χ0n) is 37.7. The van der Waals surface area contributed by atoms with E-state index in [1.165, 1.54) is 103 Å². The van der Waals surface area contributed by atoms with E-state index in [0.717, 1.165) is 44.9 Å². The summed E-state index contributed by atoms with van der Waals surface area (Å²) in [4.78, 5) is 12.9. The van der Waals surface area contributed by atoms with Crippen LogP contribution in [0.15, 0.2) is 85.1 Å². The molecule has 0 bridgehead atoms. The number of amides is 1. The number of allylic oxidation sites excluding steroid dienone is 12. The van der Waals surface area contributed by atoms with Gasteiger partial charge in [0.05, 0.1) is 25.4 Å². The molecule has 0 saturated carbocycles. The average Bonchev–Trinajstić information content (AvgIpc) is 3.25. The Hall–Kier alpha value is -2.63. The first-order chi connectivity index (χ1) is 29.3. The minimum atomic E-state index is -1.59. The van der Waals surface area contributed by atoms with Crippen LogP contribution in [0.2, 0.25) is 0 Å². The van der Waals surface area contributed by atoms with Crippen LogP contribution in [0.25, 0.3) is 0 Å². The minimum Gasteiger partial charge on any atom is -0.394 e. The molecular formula is C51H87NO8. The van der Waals surface area contributed by atoms with E-state index < -0.39 is 49.5 Å². The summed E-state index contributed by atoms with van der Waals surface area (Å²) >= 11 is 0. The maximum absolute atomic E-state index is 12.9. The average molecular weight is 842 g/mol. The summed E-state index contributed by atoms with van der Waals surface area (Å²) in [5, 5.41) is 54.1. The van der Waals surface area contributed by atoms with Gasteiger partial charge in [0.15, 0.2) is 6.29 Å². The number of ether oxygens (including phenoxy) is 2. The molecule has 1 heterocycles. The lowest BCUT2D eigenvalue weighted by Gasteiger charge is -2.40. The van der Waals surface area contributed by atoms with Crippen LogP contribution in [0.1, 0.15) is 174 Å². The maximum atomic E-state index is 12.9. The van der Waals surface area contributed by atoms with Crippen LogP contribution in [-0.4, -0.2) is 87.5 Å². The Labute approximate surface area is 365 Å². The summed E-state index contributed by atoms with van der Waals surface area (Å²) in [5.74, 6) is -0.316. The van der Waals surface area contributed by atoms with Crippen molar-refractivity contribution >= 4 is 5.91 Å². The summed E-state index contributed by atoms with van der Waals surface area (Å²) in [6.07, 6.45) is 49.5. The normalized spacial score (nSPS) is 21.4. The van der Waals surface area contributed by atoms with Gasteiger partial charge >= 0.3 is 0 Å². The topological polar surface area (TPSA) is 149 Å². The van der Waals surface area contributed by atoms with Crippen molar-refractivity contribution in [2.24, 2.45) is 0 Å². The van der Waals surface area contributed by atoms with Crippen LogP contribution in [0.3, 0.4) is 0 Å². The fourth-order valence-electron chi connectivity index (χ4n) is 6.94. The molecule has 0 aliphatic carbocycles. The molecule has 0 radical (unpaired) electrons. The molecule has 7 unspecified atom stereocenters. The zero-order chi connectivity index (χ0) is 43.7. The molecule has 6 N–H and O–H groups in total. The molecule has 0 aromatic carbocycles. The lowest BCUT2D eigenvalue weighted by Crippen LogP contribution is -2.60. The van der Waals surface area contributed by atoms with Crippen LogP contribution < -0.4 is 5.32 Å². The van der Waals surface area contributed by atoms with E-state index in [1.807, 2.05) is 18.2 Å². The first kappa shape index (κ1) is 55.4. The van der Waals surface area contributed by atoms with Crippen molar-refractivity contribution in [3.63, 3.8) is 0 Å². The van der Waals surface area contributed by atoms with Gasteiger partial charge in [-0.15, -0.1) is 0 Å². The van der Waals surface area contributed by atoms with E-state index >= 15 is 0 Å². The van der Waals surface area contributed by atoms with E-state index in [0.29, 0.717) is 6.42 Å². The van der Waals surface area contributed by atoms with Crippen LogP contribution in [0.4, 0.5) is 0 Å². The van der Waals surface area contributed by atoms with E-state index in [-0.39, 0.29) is 18.9 Å². The van der Waals surface area contributed by atoms with Gasteiger partial charge in [0.25, 0.3) is 0 Å². The Morgan fingerprint density at radius 3 is 1.57 bits per heavy atom. The highest BCUT2D eigenvalue weighted by Gasteiger charge is 2.44. The number of aliphatic hydroxyl groups is 5. The van der Waals surface area contributed by atoms with Gasteiger partial charge in [0, 0.05) is 6.42 Å². The van der Waals surface area contributed by atoms with Crippen molar-refractivity contribution in [3.05, 3.63) is 85.1 Å². The van der Waals surface area contributed by atoms with Gasteiger partial charge in [-0.25, -0.2) is 0 Å². The molecule has 1 amide bonds. The van der Waals surface area contributed by atoms with Gasteiger partial charge in [-0.3, -0.25) is 4.79 Å². The Bertz CT molecular complexity index is 1210. The summed E-state index contributed by atoms with van der Waals surface area (Å²) in [6.45, 7) is 3.57. The number of hydrogen-bond acceptors (Lipinski definition) is 8. The van der Waals surface area contributed by atoms with Gasteiger partial charge in [0.2, 0.25) is 5.91 Å². The number of nitrogens with one attached hydrogen (secondary N) is 1. The number of unbranched alkanes of at least 4 members (excludes halogenated alkanes) is 17. The van der Waals surface area contributed by atoms with Gasteiger partial charge < -0.3 is 40.3 Å². The van der Waals surface area contributed by atoms with E-state index in [2.05, 4.69) is 73.8 Å². The second-order valence-corrected chi connectivity index (χ2v) is 16.2. The van der Waals surface area contributed by atoms with Crippen LogP contribution in [0, 0.1) is 0 Å². The highest BCUT2D eigenvalue weighted by Crippen LogP contribution is 2.22. The van der Waals surface area contributed by atoms with Gasteiger partial charge in [0.1, 0.15) is 24.4 Å². The summed E-state index contributed by atoms with van der Waals surface area (Å²) in [5.41, 5.74) is 0. The Balaban J connectivity index is 2.41. The fourth-order valence-corrected chi connectivity index (χ4v) is 6.94. The molecule has 1 rings (SSSR count). The second kappa shape index (κ2) is 40.4. The fraction of sp³-hybridized carbons (Fsp3) is 0.706. The maximum Gasteiger partial charge on any atom is 0.224 e.